The number of amidine groups is 1. The number of benzene rings is 2. The Kier molecular flexibility index (Phi) is 4.13. The quantitative estimate of drug-likeness (QED) is 0.642. The van der Waals surface area contributed by atoms with E-state index >= 15 is 0 Å². The fourth-order valence-electron chi connectivity index (χ4n) is 1.82. The van der Waals surface area contributed by atoms with Crippen LogP contribution >= 0.6 is 0 Å². The van der Waals surface area contributed by atoms with Crippen LogP contribution in [0.3, 0.4) is 0 Å². The molecule has 2 rings (SSSR count). The van der Waals surface area contributed by atoms with Gasteiger partial charge in [0.15, 0.2) is 0 Å². The number of nitrogens with one attached hydrogen (secondary N) is 1. The summed E-state index contributed by atoms with van der Waals surface area (Å²) in [5.74, 6) is 0.555. The molecule has 0 atom stereocenters. The van der Waals surface area contributed by atoms with Crippen molar-refractivity contribution in [2.45, 2.75) is 6.42 Å². The second kappa shape index (κ2) is 6.01. The predicted octanol–water partition coefficient (Wildman–Crippen LogP) is 2.99. The maximum absolute atomic E-state index is 8.11. The Morgan fingerprint density at radius 1 is 1.11 bits per heavy atom. The standard InChI is InChI=1S/C16H17N2/c1-18(13-12-14-8-4-2-5-9-14)16(17)15-10-6-3-7-11-15/h2,4-11,17H,12-13H2,1H3. The monoisotopic (exact) mass is 237 g/mol. The van der Waals surface area contributed by atoms with E-state index in [0.717, 1.165) is 18.5 Å². The van der Waals surface area contributed by atoms with Crippen LogP contribution in [0, 0.1) is 11.5 Å². The summed E-state index contributed by atoms with van der Waals surface area (Å²) >= 11 is 0. The lowest BCUT2D eigenvalue weighted by atomic mass is 10.1. The van der Waals surface area contributed by atoms with Crippen LogP contribution in [0.5, 0.6) is 0 Å². The summed E-state index contributed by atoms with van der Waals surface area (Å²) in [6, 6.07) is 20.9. The van der Waals surface area contributed by atoms with Crippen molar-refractivity contribution in [2.75, 3.05) is 13.6 Å². The first-order valence-corrected chi connectivity index (χ1v) is 6.07. The topological polar surface area (TPSA) is 27.1 Å². The van der Waals surface area contributed by atoms with Gasteiger partial charge in [-0.15, -0.1) is 0 Å². The molecule has 0 aliphatic heterocycles. The molecule has 0 saturated heterocycles. The van der Waals surface area contributed by atoms with Crippen molar-refractivity contribution in [3.63, 3.8) is 0 Å². The van der Waals surface area contributed by atoms with Crippen molar-refractivity contribution in [3.8, 4) is 0 Å². The van der Waals surface area contributed by atoms with Gasteiger partial charge in [-0.25, -0.2) is 0 Å². The Labute approximate surface area is 108 Å². The third-order valence-corrected chi connectivity index (χ3v) is 2.95. The van der Waals surface area contributed by atoms with Crippen LogP contribution in [0.25, 0.3) is 0 Å². The van der Waals surface area contributed by atoms with Crippen molar-refractivity contribution in [2.24, 2.45) is 0 Å². The molecule has 1 radical (unpaired) electrons. The van der Waals surface area contributed by atoms with Gasteiger partial charge in [-0.3, -0.25) is 5.41 Å². The molecule has 0 aromatic heterocycles. The zero-order chi connectivity index (χ0) is 12.8. The summed E-state index contributed by atoms with van der Waals surface area (Å²) in [6.07, 6.45) is 0.957. The molecule has 0 spiro atoms. The average molecular weight is 237 g/mol. The van der Waals surface area contributed by atoms with Gasteiger partial charge in [-0.05, 0) is 18.1 Å². The summed E-state index contributed by atoms with van der Waals surface area (Å²) in [5, 5.41) is 8.11. The predicted molar refractivity (Wildman–Crippen MR) is 74.9 cm³/mol. The second-order valence-electron chi connectivity index (χ2n) is 4.29. The van der Waals surface area contributed by atoms with Crippen LogP contribution < -0.4 is 0 Å². The SMILES string of the molecule is CN(CCc1ccccc1)C(=N)c1cc[c]cc1. The smallest absolute Gasteiger partial charge is 0.127 e. The Morgan fingerprint density at radius 3 is 2.44 bits per heavy atom. The van der Waals surface area contributed by atoms with Gasteiger partial charge in [0, 0.05) is 19.2 Å². The highest BCUT2D eigenvalue weighted by Crippen LogP contribution is 2.05. The highest BCUT2D eigenvalue weighted by molar-refractivity contribution is 5.96. The van der Waals surface area contributed by atoms with E-state index in [1.165, 1.54) is 5.56 Å². The first kappa shape index (κ1) is 12.4. The fraction of sp³-hybridized carbons (Fsp3) is 0.188. The lowest BCUT2D eigenvalue weighted by Gasteiger charge is -2.20. The molecule has 2 heteroatoms. The van der Waals surface area contributed by atoms with Crippen LogP contribution in [-0.4, -0.2) is 24.3 Å². The van der Waals surface area contributed by atoms with Gasteiger partial charge in [-0.1, -0.05) is 54.6 Å². The number of nitrogens with zero attached hydrogens (tertiary/aromatic N) is 1. The molecule has 0 aliphatic rings. The highest BCUT2D eigenvalue weighted by Gasteiger charge is 2.06. The third-order valence-electron chi connectivity index (χ3n) is 2.95. The van der Waals surface area contributed by atoms with Crippen molar-refractivity contribution < 1.29 is 0 Å². The van der Waals surface area contributed by atoms with E-state index < -0.39 is 0 Å². The van der Waals surface area contributed by atoms with Crippen molar-refractivity contribution in [3.05, 3.63) is 71.8 Å². The van der Waals surface area contributed by atoms with Crippen molar-refractivity contribution >= 4 is 5.84 Å². The van der Waals surface area contributed by atoms with Crippen LogP contribution in [0.1, 0.15) is 11.1 Å². The van der Waals surface area contributed by atoms with Gasteiger partial charge < -0.3 is 4.90 Å². The van der Waals surface area contributed by atoms with E-state index in [1.807, 2.05) is 54.4 Å². The van der Waals surface area contributed by atoms with Gasteiger partial charge in [0.2, 0.25) is 0 Å². The van der Waals surface area contributed by atoms with Crippen LogP contribution in [0.2, 0.25) is 0 Å². The molecule has 0 saturated carbocycles. The van der Waals surface area contributed by atoms with E-state index in [2.05, 4.69) is 18.2 Å². The molecular weight excluding hydrogens is 220 g/mol. The fourth-order valence-corrected chi connectivity index (χ4v) is 1.82. The first-order chi connectivity index (χ1) is 8.77. The van der Waals surface area contributed by atoms with E-state index in [0.29, 0.717) is 5.84 Å². The molecule has 18 heavy (non-hydrogen) atoms. The van der Waals surface area contributed by atoms with Gasteiger partial charge in [0.05, 0.1) is 0 Å². The number of likely N-dealkylation sites (N-methyl/N-ethyl adjacent to an activating group) is 1. The van der Waals surface area contributed by atoms with Crippen LogP contribution in [0.4, 0.5) is 0 Å². The first-order valence-electron chi connectivity index (χ1n) is 6.07. The maximum atomic E-state index is 8.11. The lowest BCUT2D eigenvalue weighted by Crippen LogP contribution is -2.28. The molecule has 0 amide bonds. The van der Waals surface area contributed by atoms with E-state index in [-0.39, 0.29) is 0 Å². The molecule has 0 aliphatic carbocycles. The Morgan fingerprint density at radius 2 is 1.78 bits per heavy atom. The summed E-state index contributed by atoms with van der Waals surface area (Å²) in [7, 11) is 1.96. The molecule has 1 N–H and O–H groups in total. The summed E-state index contributed by atoms with van der Waals surface area (Å²) in [6.45, 7) is 0.849. The highest BCUT2D eigenvalue weighted by atomic mass is 15.1. The molecule has 0 fully saturated rings. The van der Waals surface area contributed by atoms with Crippen LogP contribution in [-0.2, 0) is 6.42 Å². The minimum absolute atomic E-state index is 0.555. The van der Waals surface area contributed by atoms with Gasteiger partial charge in [0.25, 0.3) is 0 Å². The van der Waals surface area contributed by atoms with Gasteiger partial charge in [0.1, 0.15) is 5.84 Å². The van der Waals surface area contributed by atoms with E-state index in [1.54, 1.807) is 0 Å². The van der Waals surface area contributed by atoms with Crippen LogP contribution in [0.15, 0.2) is 54.6 Å². The zero-order valence-electron chi connectivity index (χ0n) is 10.6. The molecule has 2 aromatic rings. The maximum Gasteiger partial charge on any atom is 0.127 e. The zero-order valence-corrected chi connectivity index (χ0v) is 10.6. The van der Waals surface area contributed by atoms with Gasteiger partial charge in [-0.2, -0.15) is 0 Å². The average Bonchev–Trinajstić information content (AvgIpc) is 2.46. The summed E-state index contributed by atoms with van der Waals surface area (Å²) in [5.41, 5.74) is 2.24. The Balaban J connectivity index is 1.93. The number of hydrogen-bond acceptors (Lipinski definition) is 1. The number of hydrogen-bond donors (Lipinski definition) is 1. The van der Waals surface area contributed by atoms with Crippen molar-refractivity contribution in [1.82, 2.24) is 4.90 Å². The summed E-state index contributed by atoms with van der Waals surface area (Å²) < 4.78 is 0. The molecular formula is C16H17N2. The molecule has 91 valence electrons. The largest absolute Gasteiger partial charge is 0.359 e. The number of rotatable bonds is 4. The third kappa shape index (κ3) is 3.20. The minimum Gasteiger partial charge on any atom is -0.359 e. The normalized spacial score (nSPS) is 10.1. The molecule has 0 unspecified atom stereocenters. The minimum atomic E-state index is 0.555. The van der Waals surface area contributed by atoms with E-state index in [9.17, 15) is 0 Å². The Hall–Kier alpha value is -2.09. The van der Waals surface area contributed by atoms with Crippen molar-refractivity contribution in [1.29, 1.82) is 5.41 Å². The summed E-state index contributed by atoms with van der Waals surface area (Å²) in [4.78, 5) is 1.97. The molecule has 2 nitrogen and oxygen atoms in total. The Bertz CT molecular complexity index is 491. The van der Waals surface area contributed by atoms with Gasteiger partial charge >= 0.3 is 0 Å². The lowest BCUT2D eigenvalue weighted by molar-refractivity contribution is 0.506. The molecule has 0 bridgehead atoms. The second-order valence-corrected chi connectivity index (χ2v) is 4.29. The van der Waals surface area contributed by atoms with E-state index in [4.69, 9.17) is 5.41 Å². The molecule has 2 aromatic carbocycles. The molecule has 0 heterocycles.